The Morgan fingerprint density at radius 1 is 1.17 bits per heavy atom. The van der Waals surface area contributed by atoms with Crippen LogP contribution in [-0.4, -0.2) is 22.3 Å². The van der Waals surface area contributed by atoms with Crippen molar-refractivity contribution in [2.75, 3.05) is 11.6 Å². The van der Waals surface area contributed by atoms with Gasteiger partial charge in [-0.3, -0.25) is 4.79 Å². The molecule has 5 nitrogen and oxygen atoms in total. The van der Waals surface area contributed by atoms with Crippen LogP contribution in [0.25, 0.3) is 0 Å². The fraction of sp³-hybridized carbons (Fsp3) is 0.167. The number of carbonyl (C=O) groups excluding carboxylic acids is 1. The Balaban J connectivity index is 1.95. The summed E-state index contributed by atoms with van der Waals surface area (Å²) in [7, 11) is 0. The molecule has 1 aliphatic heterocycles. The molecule has 1 atom stereocenters. The van der Waals surface area contributed by atoms with Gasteiger partial charge in [0.25, 0.3) is 5.91 Å². The average Bonchev–Trinajstić information content (AvgIpc) is 2.62. The molecule has 122 valence electrons. The van der Waals surface area contributed by atoms with Gasteiger partial charge in [-0.15, -0.1) is 0 Å². The monoisotopic (exact) mass is 338 g/mol. The normalized spacial score (nSPS) is 17.1. The van der Waals surface area contributed by atoms with Crippen LogP contribution in [0.4, 0.5) is 5.82 Å². The lowest BCUT2D eigenvalue weighted by atomic mass is 9.96. The number of benzene rings is 1. The minimum absolute atomic E-state index is 0.198. The Morgan fingerprint density at radius 2 is 1.92 bits per heavy atom. The highest BCUT2D eigenvalue weighted by Gasteiger charge is 2.29. The van der Waals surface area contributed by atoms with Gasteiger partial charge in [0, 0.05) is 11.9 Å². The summed E-state index contributed by atoms with van der Waals surface area (Å²) in [6.45, 7) is 1.90. The summed E-state index contributed by atoms with van der Waals surface area (Å²) in [5, 5.41) is 6.85. The molecular weight excluding hydrogens is 320 g/mol. The summed E-state index contributed by atoms with van der Waals surface area (Å²) in [4.78, 5) is 21.7. The largest absolute Gasteiger partial charge is 0.338 e. The molecule has 1 aliphatic rings. The van der Waals surface area contributed by atoms with Crippen LogP contribution >= 0.6 is 11.8 Å². The van der Waals surface area contributed by atoms with Gasteiger partial charge in [-0.2, -0.15) is 0 Å². The number of aromatic nitrogens is 1. The van der Waals surface area contributed by atoms with E-state index in [2.05, 4.69) is 15.6 Å². The topological polar surface area (TPSA) is 66.4 Å². The number of carbonyl (C=O) groups is 1. The van der Waals surface area contributed by atoms with Gasteiger partial charge in [-0.1, -0.05) is 48.2 Å². The highest BCUT2D eigenvalue weighted by Crippen LogP contribution is 2.32. The van der Waals surface area contributed by atoms with E-state index in [9.17, 15) is 4.79 Å². The minimum Gasteiger partial charge on any atom is -0.338 e. The summed E-state index contributed by atoms with van der Waals surface area (Å²) < 4.78 is 0. The number of rotatable bonds is 3. The van der Waals surface area contributed by atoms with E-state index in [1.54, 1.807) is 12.3 Å². The number of hydrogen-bond donors (Lipinski definition) is 2. The Hall–Kier alpha value is -2.60. The molecule has 0 aliphatic carbocycles. The Bertz CT molecular complexity index is 787. The molecular formula is C18H18N4OS. The second-order valence-corrected chi connectivity index (χ2v) is 6.08. The first-order valence-electron chi connectivity index (χ1n) is 7.56. The number of amides is 1. The maximum absolute atomic E-state index is 12.8. The first-order chi connectivity index (χ1) is 11.7. The van der Waals surface area contributed by atoms with Crippen molar-refractivity contribution < 1.29 is 4.79 Å². The van der Waals surface area contributed by atoms with Crippen molar-refractivity contribution in [1.29, 1.82) is 0 Å². The minimum atomic E-state index is -0.335. The van der Waals surface area contributed by atoms with E-state index < -0.39 is 0 Å². The van der Waals surface area contributed by atoms with Crippen LogP contribution in [0, 0.1) is 0 Å². The Labute approximate surface area is 145 Å². The molecule has 2 heterocycles. The molecule has 0 bridgehead atoms. The quantitative estimate of drug-likeness (QED) is 0.900. The molecule has 6 heteroatoms. The maximum Gasteiger partial charge on any atom is 0.257 e. The molecule has 1 aromatic carbocycles. The number of nitrogens with zero attached hydrogens (tertiary/aromatic N) is 2. The molecule has 0 saturated carbocycles. The van der Waals surface area contributed by atoms with Crippen molar-refractivity contribution in [2.24, 2.45) is 4.99 Å². The van der Waals surface area contributed by atoms with Crippen molar-refractivity contribution in [3.63, 3.8) is 0 Å². The van der Waals surface area contributed by atoms with E-state index in [4.69, 9.17) is 4.99 Å². The maximum atomic E-state index is 12.8. The molecule has 0 saturated heterocycles. The Kier molecular flexibility index (Phi) is 4.96. The van der Waals surface area contributed by atoms with Gasteiger partial charge in [-0.05, 0) is 30.9 Å². The predicted molar refractivity (Wildman–Crippen MR) is 98.8 cm³/mol. The van der Waals surface area contributed by atoms with Crippen molar-refractivity contribution >= 4 is 28.7 Å². The molecule has 0 spiro atoms. The van der Waals surface area contributed by atoms with E-state index in [1.807, 2.05) is 55.6 Å². The summed E-state index contributed by atoms with van der Waals surface area (Å²) in [6.07, 6.45) is 3.61. The van der Waals surface area contributed by atoms with Crippen molar-refractivity contribution in [2.45, 2.75) is 13.0 Å². The van der Waals surface area contributed by atoms with Gasteiger partial charge in [0.2, 0.25) is 0 Å². The van der Waals surface area contributed by atoms with E-state index in [0.29, 0.717) is 11.4 Å². The summed E-state index contributed by atoms with van der Waals surface area (Å²) in [6, 6.07) is 14.9. The third-order valence-electron chi connectivity index (χ3n) is 3.68. The van der Waals surface area contributed by atoms with Crippen LogP contribution in [0.15, 0.2) is 71.0 Å². The molecule has 1 amide bonds. The van der Waals surface area contributed by atoms with Gasteiger partial charge in [0.15, 0.2) is 5.17 Å². The van der Waals surface area contributed by atoms with Crippen molar-refractivity contribution in [1.82, 2.24) is 10.3 Å². The highest BCUT2D eigenvalue weighted by atomic mass is 32.2. The van der Waals surface area contributed by atoms with E-state index in [-0.39, 0.29) is 11.9 Å². The molecule has 3 rings (SSSR count). The number of thioether (sulfide) groups is 1. The lowest BCUT2D eigenvalue weighted by Crippen LogP contribution is -2.32. The van der Waals surface area contributed by atoms with Crippen LogP contribution in [-0.2, 0) is 4.79 Å². The fourth-order valence-electron chi connectivity index (χ4n) is 2.54. The fourth-order valence-corrected chi connectivity index (χ4v) is 3.01. The van der Waals surface area contributed by atoms with Crippen molar-refractivity contribution in [3.05, 3.63) is 71.6 Å². The molecule has 2 aromatic rings. The van der Waals surface area contributed by atoms with E-state index in [0.717, 1.165) is 16.4 Å². The standard InChI is InChI=1S/C18H18N4OS/c1-12-15(17(23)21-14-10-6-7-11-19-14)16(22-18(20-12)24-2)13-8-4-3-5-9-13/h3-11,16H,1-2H3,(H,20,22)(H,19,21,23). The summed E-state index contributed by atoms with van der Waals surface area (Å²) >= 11 is 1.53. The molecule has 1 unspecified atom stereocenters. The molecule has 2 N–H and O–H groups in total. The second-order valence-electron chi connectivity index (χ2n) is 5.28. The van der Waals surface area contributed by atoms with Crippen LogP contribution < -0.4 is 10.6 Å². The third kappa shape index (κ3) is 3.49. The third-order valence-corrected chi connectivity index (χ3v) is 4.27. The van der Waals surface area contributed by atoms with Gasteiger partial charge >= 0.3 is 0 Å². The first kappa shape index (κ1) is 16.3. The predicted octanol–water partition coefficient (Wildman–Crippen LogP) is 3.36. The number of aliphatic imine (C=N–C) groups is 1. The van der Waals surface area contributed by atoms with Gasteiger partial charge < -0.3 is 10.6 Å². The van der Waals surface area contributed by atoms with Gasteiger partial charge in [-0.25, -0.2) is 9.98 Å². The van der Waals surface area contributed by atoms with Gasteiger partial charge in [0.05, 0.1) is 5.57 Å². The zero-order valence-corrected chi connectivity index (χ0v) is 14.3. The van der Waals surface area contributed by atoms with Crippen molar-refractivity contribution in [3.8, 4) is 0 Å². The number of amidine groups is 1. The van der Waals surface area contributed by atoms with Gasteiger partial charge in [0.1, 0.15) is 11.9 Å². The second kappa shape index (κ2) is 7.31. The molecule has 24 heavy (non-hydrogen) atoms. The van der Waals surface area contributed by atoms with Crippen LogP contribution in [0.1, 0.15) is 18.5 Å². The first-order valence-corrected chi connectivity index (χ1v) is 8.78. The Morgan fingerprint density at radius 3 is 2.58 bits per heavy atom. The van der Waals surface area contributed by atoms with Crippen LogP contribution in [0.3, 0.4) is 0 Å². The van der Waals surface area contributed by atoms with Crippen LogP contribution in [0.2, 0.25) is 0 Å². The zero-order valence-electron chi connectivity index (χ0n) is 13.5. The lowest BCUT2D eigenvalue weighted by Gasteiger charge is -2.25. The molecule has 1 aromatic heterocycles. The average molecular weight is 338 g/mol. The SMILES string of the molecule is CSC1=NC(c2ccccc2)C(C(=O)Nc2ccccn2)=C(C)N1. The molecule has 0 radical (unpaired) electrons. The highest BCUT2D eigenvalue weighted by molar-refractivity contribution is 8.13. The number of hydrogen-bond acceptors (Lipinski definition) is 5. The number of allylic oxidation sites excluding steroid dienone is 1. The number of nitrogens with one attached hydrogen (secondary N) is 2. The zero-order chi connectivity index (χ0) is 16.9. The summed E-state index contributed by atoms with van der Waals surface area (Å²) in [5.74, 6) is 0.325. The molecule has 0 fully saturated rings. The summed E-state index contributed by atoms with van der Waals surface area (Å²) in [5.41, 5.74) is 2.39. The smallest absolute Gasteiger partial charge is 0.257 e. The number of pyridine rings is 1. The van der Waals surface area contributed by atoms with E-state index in [1.165, 1.54) is 11.8 Å². The lowest BCUT2D eigenvalue weighted by molar-refractivity contribution is -0.113. The van der Waals surface area contributed by atoms with Crippen LogP contribution in [0.5, 0.6) is 0 Å². The van der Waals surface area contributed by atoms with E-state index >= 15 is 0 Å². The number of anilines is 1.